The number of hydrogen-bond acceptors (Lipinski definition) is 4. The lowest BCUT2D eigenvalue weighted by Crippen LogP contribution is -2.39. The molecule has 0 aromatic heterocycles. The molecule has 0 saturated heterocycles. The fraction of sp³-hybridized carbons (Fsp3) is 0.429. The van der Waals surface area contributed by atoms with Crippen molar-refractivity contribution in [3.63, 3.8) is 0 Å². The number of aromatic carboxylic acids is 1. The first-order valence-electron chi connectivity index (χ1n) is 6.30. The number of carboxylic acid groups (broad SMARTS) is 1. The minimum atomic E-state index is -0.974. The first-order chi connectivity index (χ1) is 9.08. The molecule has 2 N–H and O–H groups in total. The maximum Gasteiger partial charge on any atom is 0.335 e. The van der Waals surface area contributed by atoms with Gasteiger partial charge in [-0.05, 0) is 37.6 Å². The van der Waals surface area contributed by atoms with Crippen LogP contribution >= 0.6 is 12.4 Å². The fourth-order valence-corrected chi connectivity index (χ4v) is 1.80. The van der Waals surface area contributed by atoms with Crippen molar-refractivity contribution in [3.05, 3.63) is 35.4 Å². The number of esters is 1. The van der Waals surface area contributed by atoms with Crippen LogP contribution in [0.15, 0.2) is 24.3 Å². The molecular weight excluding hydrogens is 282 g/mol. The van der Waals surface area contributed by atoms with E-state index in [1.807, 2.05) is 6.92 Å². The zero-order valence-electron chi connectivity index (χ0n) is 11.6. The van der Waals surface area contributed by atoms with Gasteiger partial charge in [0.25, 0.3) is 0 Å². The summed E-state index contributed by atoms with van der Waals surface area (Å²) in [5, 5.41) is 12.0. The van der Waals surface area contributed by atoms with E-state index in [1.54, 1.807) is 25.1 Å². The monoisotopic (exact) mass is 301 g/mol. The van der Waals surface area contributed by atoms with Gasteiger partial charge in [0.2, 0.25) is 0 Å². The molecule has 0 fully saturated rings. The quantitative estimate of drug-likeness (QED) is 0.752. The molecule has 0 heterocycles. The molecule has 0 amide bonds. The van der Waals surface area contributed by atoms with Crippen molar-refractivity contribution in [1.29, 1.82) is 0 Å². The smallest absolute Gasteiger partial charge is 0.335 e. The average Bonchev–Trinajstić information content (AvgIpc) is 2.39. The van der Waals surface area contributed by atoms with Gasteiger partial charge in [-0.2, -0.15) is 0 Å². The Hall–Kier alpha value is -1.59. The molecule has 1 atom stereocenters. The second-order valence-electron chi connectivity index (χ2n) is 4.07. The van der Waals surface area contributed by atoms with E-state index in [0.717, 1.165) is 5.56 Å². The molecule has 0 unspecified atom stereocenters. The Kier molecular flexibility index (Phi) is 8.59. The molecule has 0 aliphatic heterocycles. The van der Waals surface area contributed by atoms with Crippen LogP contribution in [0.3, 0.4) is 0 Å². The summed E-state index contributed by atoms with van der Waals surface area (Å²) in [6.07, 6.45) is 0.411. The molecule has 5 nitrogen and oxygen atoms in total. The molecule has 1 rings (SSSR count). The normalized spacial score (nSPS) is 11.3. The van der Waals surface area contributed by atoms with E-state index in [1.165, 1.54) is 6.07 Å². The zero-order chi connectivity index (χ0) is 14.3. The van der Waals surface area contributed by atoms with Gasteiger partial charge in [-0.1, -0.05) is 19.1 Å². The van der Waals surface area contributed by atoms with Gasteiger partial charge in [0.05, 0.1) is 12.2 Å². The maximum atomic E-state index is 11.8. The minimum Gasteiger partial charge on any atom is -0.478 e. The lowest BCUT2D eigenvalue weighted by atomic mass is 10.0. The predicted molar refractivity (Wildman–Crippen MR) is 78.5 cm³/mol. The fourth-order valence-electron chi connectivity index (χ4n) is 1.80. The number of carbonyl (C=O) groups excluding carboxylic acids is 1. The molecule has 0 aliphatic carbocycles. The van der Waals surface area contributed by atoms with E-state index in [-0.39, 0.29) is 23.9 Å². The number of benzene rings is 1. The van der Waals surface area contributed by atoms with E-state index < -0.39 is 12.0 Å². The van der Waals surface area contributed by atoms with Gasteiger partial charge >= 0.3 is 11.9 Å². The number of carboxylic acids is 1. The van der Waals surface area contributed by atoms with E-state index >= 15 is 0 Å². The maximum absolute atomic E-state index is 11.8. The number of likely N-dealkylation sites (N-methyl/N-ethyl adjacent to an activating group) is 1. The zero-order valence-corrected chi connectivity index (χ0v) is 12.4. The molecule has 20 heavy (non-hydrogen) atoms. The Morgan fingerprint density at radius 2 is 2.05 bits per heavy atom. The predicted octanol–water partition coefficient (Wildman–Crippen LogP) is 1.89. The Labute approximate surface area is 124 Å². The molecule has 0 bridgehead atoms. The largest absolute Gasteiger partial charge is 0.478 e. The van der Waals surface area contributed by atoms with Crippen LogP contribution in [0.4, 0.5) is 0 Å². The van der Waals surface area contributed by atoms with E-state index in [9.17, 15) is 9.59 Å². The molecule has 0 radical (unpaired) electrons. The second kappa shape index (κ2) is 9.34. The molecule has 112 valence electrons. The molecule has 1 aromatic rings. The van der Waals surface area contributed by atoms with Crippen molar-refractivity contribution < 1.29 is 19.4 Å². The topological polar surface area (TPSA) is 75.6 Å². The number of rotatable bonds is 7. The van der Waals surface area contributed by atoms with Crippen molar-refractivity contribution >= 4 is 24.3 Å². The van der Waals surface area contributed by atoms with E-state index in [4.69, 9.17) is 9.84 Å². The van der Waals surface area contributed by atoms with Gasteiger partial charge in [0.1, 0.15) is 6.04 Å². The highest BCUT2D eigenvalue weighted by molar-refractivity contribution is 5.87. The van der Waals surface area contributed by atoms with Crippen LogP contribution in [0.5, 0.6) is 0 Å². The van der Waals surface area contributed by atoms with Crippen LogP contribution in [0, 0.1) is 0 Å². The molecule has 0 spiro atoms. The summed E-state index contributed by atoms with van der Waals surface area (Å²) >= 11 is 0. The van der Waals surface area contributed by atoms with Gasteiger partial charge in [-0.3, -0.25) is 4.79 Å². The Balaban J connectivity index is 0.00000361. The van der Waals surface area contributed by atoms with Crippen molar-refractivity contribution in [2.45, 2.75) is 26.3 Å². The summed E-state index contributed by atoms with van der Waals surface area (Å²) in [6.45, 7) is 4.63. The van der Waals surface area contributed by atoms with Gasteiger partial charge in [0, 0.05) is 0 Å². The van der Waals surface area contributed by atoms with Crippen molar-refractivity contribution in [1.82, 2.24) is 5.32 Å². The number of hydrogen-bond donors (Lipinski definition) is 2. The lowest BCUT2D eigenvalue weighted by Gasteiger charge is -2.16. The van der Waals surface area contributed by atoms with Gasteiger partial charge in [-0.15, -0.1) is 12.4 Å². The lowest BCUT2D eigenvalue weighted by molar-refractivity contribution is -0.145. The van der Waals surface area contributed by atoms with Crippen LogP contribution in [-0.4, -0.2) is 36.2 Å². The minimum absolute atomic E-state index is 0. The highest BCUT2D eigenvalue weighted by Crippen LogP contribution is 2.09. The average molecular weight is 302 g/mol. The third kappa shape index (κ3) is 5.59. The SMILES string of the molecule is CCN[C@@H](Cc1cccc(C(=O)O)c1)C(=O)OCC.Cl. The van der Waals surface area contributed by atoms with Crippen molar-refractivity contribution in [2.24, 2.45) is 0 Å². The Morgan fingerprint density at radius 3 is 2.60 bits per heavy atom. The molecule has 6 heteroatoms. The first kappa shape index (κ1) is 18.4. The van der Waals surface area contributed by atoms with Crippen LogP contribution in [0.1, 0.15) is 29.8 Å². The summed E-state index contributed by atoms with van der Waals surface area (Å²) in [5.74, 6) is -1.29. The highest BCUT2D eigenvalue weighted by atomic mass is 35.5. The molecule has 1 aromatic carbocycles. The van der Waals surface area contributed by atoms with Crippen LogP contribution in [0.25, 0.3) is 0 Å². The third-order valence-corrected chi connectivity index (χ3v) is 2.64. The number of halogens is 1. The van der Waals surface area contributed by atoms with Gasteiger partial charge in [-0.25, -0.2) is 4.79 Å². The summed E-state index contributed by atoms with van der Waals surface area (Å²) in [6, 6.07) is 6.13. The number of carbonyl (C=O) groups is 2. The van der Waals surface area contributed by atoms with Crippen molar-refractivity contribution in [3.8, 4) is 0 Å². The van der Waals surface area contributed by atoms with E-state index in [0.29, 0.717) is 19.6 Å². The van der Waals surface area contributed by atoms with Crippen LogP contribution in [-0.2, 0) is 16.0 Å². The summed E-state index contributed by atoms with van der Waals surface area (Å²) in [4.78, 5) is 22.6. The Morgan fingerprint density at radius 1 is 1.35 bits per heavy atom. The van der Waals surface area contributed by atoms with Crippen LogP contribution < -0.4 is 5.32 Å². The third-order valence-electron chi connectivity index (χ3n) is 2.64. The molecule has 0 aliphatic rings. The van der Waals surface area contributed by atoms with Gasteiger partial charge in [0.15, 0.2) is 0 Å². The summed E-state index contributed by atoms with van der Waals surface area (Å²) < 4.78 is 4.99. The van der Waals surface area contributed by atoms with Crippen LogP contribution in [0.2, 0.25) is 0 Å². The van der Waals surface area contributed by atoms with Crippen molar-refractivity contribution in [2.75, 3.05) is 13.2 Å². The van der Waals surface area contributed by atoms with Gasteiger partial charge < -0.3 is 15.2 Å². The summed E-state index contributed by atoms with van der Waals surface area (Å²) in [7, 11) is 0. The first-order valence-corrected chi connectivity index (χ1v) is 6.30. The molecule has 0 saturated carbocycles. The molecular formula is C14H20ClNO4. The second-order valence-corrected chi connectivity index (χ2v) is 4.07. The Bertz CT molecular complexity index is 451. The van der Waals surface area contributed by atoms with E-state index in [2.05, 4.69) is 5.32 Å². The highest BCUT2D eigenvalue weighted by Gasteiger charge is 2.19. The standard InChI is InChI=1S/C14H19NO4.ClH/c1-3-15-12(14(18)19-4-2)9-10-6-5-7-11(8-10)13(16)17;/h5-8,12,15H,3-4,9H2,1-2H3,(H,16,17);1H/t12-;/m0./s1. The summed E-state index contributed by atoms with van der Waals surface area (Å²) in [5.41, 5.74) is 1.01. The number of nitrogens with one attached hydrogen (secondary N) is 1. The number of ether oxygens (including phenoxy) is 1.